The van der Waals surface area contributed by atoms with Gasteiger partial charge in [-0.25, -0.2) is 0 Å². The smallest absolute Gasteiger partial charge is 0.311 e. The number of carbonyl (C=O) groups excluding carboxylic acids is 1. The molecule has 5 aliphatic rings. The van der Waals surface area contributed by atoms with E-state index in [0.29, 0.717) is 47.9 Å². The molecule has 0 spiro atoms. The molecule has 4 heteroatoms. The number of carbonyl (C=O) groups is 1. The minimum atomic E-state index is -0.00564. The van der Waals surface area contributed by atoms with Gasteiger partial charge in [0, 0.05) is 0 Å². The maximum Gasteiger partial charge on any atom is 0.311 e. The Hall–Kier alpha value is -0.610. The van der Waals surface area contributed by atoms with E-state index in [9.17, 15) is 4.79 Å². The van der Waals surface area contributed by atoms with Crippen LogP contribution in [0.5, 0.6) is 0 Å². The molecule has 0 aromatic carbocycles. The summed E-state index contributed by atoms with van der Waals surface area (Å²) in [7, 11) is 0. The van der Waals surface area contributed by atoms with Crippen molar-refractivity contribution in [2.24, 2.45) is 41.4 Å². The third kappa shape index (κ3) is 2.66. The molecule has 0 radical (unpaired) electrons. The summed E-state index contributed by atoms with van der Waals surface area (Å²) in [5.41, 5.74) is 0. The summed E-state index contributed by atoms with van der Waals surface area (Å²) in [5, 5.41) is 0. The lowest BCUT2D eigenvalue weighted by Crippen LogP contribution is -2.37. The zero-order chi connectivity index (χ0) is 17.8. The molecule has 1 heterocycles. The number of fused-ring (bicyclic) bond motifs is 7. The normalized spacial score (nSPS) is 51.2. The highest BCUT2D eigenvalue weighted by molar-refractivity contribution is 5.73. The monoisotopic (exact) mass is 362 g/mol. The third-order valence-corrected chi connectivity index (χ3v) is 8.60. The Kier molecular flexibility index (Phi) is 4.55. The van der Waals surface area contributed by atoms with Crippen LogP contribution in [0.4, 0.5) is 0 Å². The van der Waals surface area contributed by atoms with Crippen LogP contribution < -0.4 is 0 Å². The molecule has 5 rings (SSSR count). The summed E-state index contributed by atoms with van der Waals surface area (Å²) in [6.07, 6.45) is 10.7. The molecule has 0 aromatic rings. The third-order valence-electron chi connectivity index (χ3n) is 8.60. The van der Waals surface area contributed by atoms with Gasteiger partial charge in [0.05, 0.1) is 24.2 Å². The highest BCUT2D eigenvalue weighted by atomic mass is 16.7. The summed E-state index contributed by atoms with van der Waals surface area (Å²) in [6, 6.07) is 0. The van der Waals surface area contributed by atoms with Crippen molar-refractivity contribution >= 4 is 5.97 Å². The van der Waals surface area contributed by atoms with Crippen LogP contribution in [-0.2, 0) is 19.0 Å². The Morgan fingerprint density at radius 3 is 2.46 bits per heavy atom. The average molecular weight is 363 g/mol. The van der Waals surface area contributed by atoms with Crippen molar-refractivity contribution < 1.29 is 19.0 Å². The standard InChI is InChI=1S/C22H34O4/c1-3-17-20-14-9-15(21(20)18(4-2)26-17)16(10-14)22(23)25-11-24-19-8-12-5-6-13(19)7-12/h12-21H,3-11H2,1-2H3. The lowest BCUT2D eigenvalue weighted by atomic mass is 9.70. The Morgan fingerprint density at radius 2 is 1.77 bits per heavy atom. The second-order valence-electron chi connectivity index (χ2n) is 9.65. The SMILES string of the molecule is CCC1OC(CC)C2C3CC(CC3C(=O)OCOC3CC4CCC3C4)C12. The maximum atomic E-state index is 12.8. The molecule has 26 heavy (non-hydrogen) atoms. The van der Waals surface area contributed by atoms with Crippen LogP contribution >= 0.6 is 0 Å². The molecule has 0 amide bonds. The van der Waals surface area contributed by atoms with Crippen LogP contribution in [0, 0.1) is 41.4 Å². The van der Waals surface area contributed by atoms with Crippen molar-refractivity contribution in [3.63, 3.8) is 0 Å². The predicted molar refractivity (Wildman–Crippen MR) is 97.2 cm³/mol. The van der Waals surface area contributed by atoms with Crippen LogP contribution in [0.15, 0.2) is 0 Å². The second kappa shape index (κ2) is 6.77. The fourth-order valence-corrected chi connectivity index (χ4v) is 7.62. The first-order chi connectivity index (χ1) is 12.7. The van der Waals surface area contributed by atoms with E-state index in [1.165, 1.54) is 32.1 Å². The van der Waals surface area contributed by atoms with Crippen molar-refractivity contribution in [1.82, 2.24) is 0 Å². The molecule has 4 aliphatic carbocycles. The van der Waals surface area contributed by atoms with Crippen LogP contribution in [0.3, 0.4) is 0 Å². The van der Waals surface area contributed by atoms with Gasteiger partial charge in [0.25, 0.3) is 0 Å². The first-order valence-corrected chi connectivity index (χ1v) is 11.1. The van der Waals surface area contributed by atoms with Crippen molar-refractivity contribution in [3.8, 4) is 0 Å². The quantitative estimate of drug-likeness (QED) is 0.525. The number of hydrogen-bond donors (Lipinski definition) is 0. The lowest BCUT2D eigenvalue weighted by Gasteiger charge is -2.32. The van der Waals surface area contributed by atoms with Gasteiger partial charge < -0.3 is 14.2 Å². The molecule has 4 nitrogen and oxygen atoms in total. The molecular formula is C22H34O4. The summed E-state index contributed by atoms with van der Waals surface area (Å²) in [5.74, 6) is 4.05. The summed E-state index contributed by atoms with van der Waals surface area (Å²) >= 11 is 0. The van der Waals surface area contributed by atoms with E-state index in [2.05, 4.69) is 13.8 Å². The molecule has 146 valence electrons. The molecule has 4 saturated carbocycles. The zero-order valence-corrected chi connectivity index (χ0v) is 16.3. The van der Waals surface area contributed by atoms with Crippen molar-refractivity contribution in [2.75, 3.05) is 6.79 Å². The Bertz CT molecular complexity index is 548. The predicted octanol–water partition coefficient (Wildman–Crippen LogP) is 4.17. The molecule has 10 unspecified atom stereocenters. The number of hydrogen-bond acceptors (Lipinski definition) is 4. The van der Waals surface area contributed by atoms with E-state index in [-0.39, 0.29) is 18.7 Å². The lowest BCUT2D eigenvalue weighted by molar-refractivity contribution is -0.171. The highest BCUT2D eigenvalue weighted by Gasteiger charge is 2.62. The topological polar surface area (TPSA) is 44.8 Å². The molecule has 0 aromatic heterocycles. The van der Waals surface area contributed by atoms with E-state index >= 15 is 0 Å². The molecule has 5 fully saturated rings. The molecule has 10 atom stereocenters. The Morgan fingerprint density at radius 1 is 0.962 bits per heavy atom. The van der Waals surface area contributed by atoms with Crippen LogP contribution in [0.2, 0.25) is 0 Å². The number of ether oxygens (including phenoxy) is 3. The van der Waals surface area contributed by atoms with Crippen molar-refractivity contribution in [2.45, 2.75) is 83.5 Å². The minimum absolute atomic E-state index is 0.00564. The molecule has 0 N–H and O–H groups in total. The largest absolute Gasteiger partial charge is 0.438 e. The van der Waals surface area contributed by atoms with Crippen LogP contribution in [0.25, 0.3) is 0 Å². The van der Waals surface area contributed by atoms with Gasteiger partial charge in [0.15, 0.2) is 6.79 Å². The maximum absolute atomic E-state index is 12.8. The summed E-state index contributed by atoms with van der Waals surface area (Å²) < 4.78 is 17.9. The van der Waals surface area contributed by atoms with Gasteiger partial charge in [0.2, 0.25) is 0 Å². The van der Waals surface area contributed by atoms with E-state index in [1.54, 1.807) is 0 Å². The van der Waals surface area contributed by atoms with Crippen molar-refractivity contribution in [1.29, 1.82) is 0 Å². The Balaban J connectivity index is 1.16. The van der Waals surface area contributed by atoms with E-state index in [4.69, 9.17) is 14.2 Å². The second-order valence-corrected chi connectivity index (χ2v) is 9.65. The van der Waals surface area contributed by atoms with E-state index < -0.39 is 0 Å². The van der Waals surface area contributed by atoms with E-state index in [0.717, 1.165) is 25.2 Å². The van der Waals surface area contributed by atoms with Gasteiger partial charge in [-0.1, -0.05) is 13.8 Å². The molecular weight excluding hydrogens is 328 g/mol. The Labute approximate surface area is 157 Å². The van der Waals surface area contributed by atoms with Gasteiger partial charge in [-0.3, -0.25) is 4.79 Å². The van der Waals surface area contributed by atoms with Gasteiger partial charge in [-0.05, 0) is 86.9 Å². The number of esters is 1. The van der Waals surface area contributed by atoms with Crippen LogP contribution in [-0.4, -0.2) is 31.1 Å². The molecule has 1 aliphatic heterocycles. The zero-order valence-electron chi connectivity index (χ0n) is 16.3. The molecule has 1 saturated heterocycles. The number of rotatable bonds is 6. The van der Waals surface area contributed by atoms with E-state index in [1.807, 2.05) is 0 Å². The minimum Gasteiger partial charge on any atom is -0.438 e. The van der Waals surface area contributed by atoms with Crippen LogP contribution in [0.1, 0.15) is 65.2 Å². The first-order valence-electron chi connectivity index (χ1n) is 11.1. The fourth-order valence-electron chi connectivity index (χ4n) is 7.62. The van der Waals surface area contributed by atoms with Gasteiger partial charge in [0.1, 0.15) is 0 Å². The summed E-state index contributed by atoms with van der Waals surface area (Å²) in [6.45, 7) is 4.63. The van der Waals surface area contributed by atoms with Gasteiger partial charge >= 0.3 is 5.97 Å². The fraction of sp³-hybridized carbons (Fsp3) is 0.955. The van der Waals surface area contributed by atoms with Gasteiger partial charge in [-0.15, -0.1) is 0 Å². The van der Waals surface area contributed by atoms with Gasteiger partial charge in [-0.2, -0.15) is 0 Å². The highest BCUT2D eigenvalue weighted by Crippen LogP contribution is 2.62. The first kappa shape index (κ1) is 17.5. The van der Waals surface area contributed by atoms with Crippen molar-refractivity contribution in [3.05, 3.63) is 0 Å². The summed E-state index contributed by atoms with van der Waals surface area (Å²) in [4.78, 5) is 12.8. The average Bonchev–Trinajstić information content (AvgIpc) is 3.44. The molecule has 4 bridgehead atoms.